The van der Waals surface area contributed by atoms with Crippen LogP contribution in [0.5, 0.6) is 0 Å². The Kier molecular flexibility index (Phi) is 4.20. The fraction of sp³-hybridized carbons (Fsp3) is 0.357. The second-order valence-electron chi connectivity index (χ2n) is 5.22. The Labute approximate surface area is 121 Å². The molecule has 1 heterocycles. The van der Waals surface area contributed by atoms with Crippen molar-refractivity contribution in [1.29, 1.82) is 0 Å². The van der Waals surface area contributed by atoms with Crippen molar-refractivity contribution < 1.29 is 0 Å². The standard InChI is InChI=1S/C14H17BrN2S/c1-14(2,3)17-9-10-8-16-13(18-10)11-6-4-5-7-12(11)15/h4-8,17H,9H2,1-3H3. The molecule has 0 fully saturated rings. The number of aromatic nitrogens is 1. The molecule has 0 bridgehead atoms. The summed E-state index contributed by atoms with van der Waals surface area (Å²) in [6.45, 7) is 7.37. The highest BCUT2D eigenvalue weighted by Crippen LogP contribution is 2.31. The average molecular weight is 325 g/mol. The van der Waals surface area contributed by atoms with E-state index in [4.69, 9.17) is 0 Å². The normalized spacial score (nSPS) is 11.8. The molecule has 0 saturated heterocycles. The van der Waals surface area contributed by atoms with Gasteiger partial charge in [-0.2, -0.15) is 0 Å². The van der Waals surface area contributed by atoms with Gasteiger partial charge < -0.3 is 5.32 Å². The van der Waals surface area contributed by atoms with Crippen molar-refractivity contribution in [2.24, 2.45) is 0 Å². The van der Waals surface area contributed by atoms with Gasteiger partial charge in [0, 0.05) is 33.2 Å². The maximum Gasteiger partial charge on any atom is 0.124 e. The summed E-state index contributed by atoms with van der Waals surface area (Å²) < 4.78 is 1.09. The van der Waals surface area contributed by atoms with E-state index in [9.17, 15) is 0 Å². The number of benzene rings is 1. The fourth-order valence-corrected chi connectivity index (χ4v) is 3.00. The van der Waals surface area contributed by atoms with Crippen molar-refractivity contribution in [3.05, 3.63) is 39.8 Å². The molecule has 4 heteroatoms. The zero-order valence-electron chi connectivity index (χ0n) is 10.8. The van der Waals surface area contributed by atoms with E-state index in [1.165, 1.54) is 4.88 Å². The van der Waals surface area contributed by atoms with Crippen LogP contribution in [0.25, 0.3) is 10.6 Å². The lowest BCUT2D eigenvalue weighted by Gasteiger charge is -2.19. The Morgan fingerprint density at radius 2 is 2.00 bits per heavy atom. The van der Waals surface area contributed by atoms with Crippen molar-refractivity contribution in [1.82, 2.24) is 10.3 Å². The second kappa shape index (κ2) is 5.51. The first-order valence-electron chi connectivity index (χ1n) is 5.90. The van der Waals surface area contributed by atoms with Crippen LogP contribution in [0.2, 0.25) is 0 Å². The SMILES string of the molecule is CC(C)(C)NCc1cnc(-c2ccccc2Br)s1. The Morgan fingerprint density at radius 3 is 2.67 bits per heavy atom. The Hall–Kier alpha value is -0.710. The first-order valence-corrected chi connectivity index (χ1v) is 7.51. The smallest absolute Gasteiger partial charge is 0.124 e. The van der Waals surface area contributed by atoms with E-state index < -0.39 is 0 Å². The predicted octanol–water partition coefficient (Wildman–Crippen LogP) is 4.46. The summed E-state index contributed by atoms with van der Waals surface area (Å²) in [5.74, 6) is 0. The monoisotopic (exact) mass is 324 g/mol. The summed E-state index contributed by atoms with van der Waals surface area (Å²) in [5, 5.41) is 4.54. The van der Waals surface area contributed by atoms with E-state index in [0.717, 1.165) is 21.6 Å². The van der Waals surface area contributed by atoms with Crippen LogP contribution in [0.3, 0.4) is 0 Å². The molecule has 0 aliphatic heterocycles. The summed E-state index contributed by atoms with van der Waals surface area (Å²) >= 11 is 5.30. The van der Waals surface area contributed by atoms with Crippen LogP contribution in [0.15, 0.2) is 34.9 Å². The van der Waals surface area contributed by atoms with Gasteiger partial charge in [-0.1, -0.05) is 34.1 Å². The van der Waals surface area contributed by atoms with E-state index in [2.05, 4.69) is 53.1 Å². The summed E-state index contributed by atoms with van der Waals surface area (Å²) in [5.41, 5.74) is 1.29. The molecular weight excluding hydrogens is 308 g/mol. The molecule has 2 nitrogen and oxygen atoms in total. The molecule has 0 amide bonds. The Balaban J connectivity index is 2.14. The molecule has 18 heavy (non-hydrogen) atoms. The lowest BCUT2D eigenvalue weighted by molar-refractivity contribution is 0.426. The molecule has 0 aliphatic carbocycles. The van der Waals surface area contributed by atoms with E-state index in [-0.39, 0.29) is 5.54 Å². The molecule has 1 aromatic carbocycles. The van der Waals surface area contributed by atoms with Crippen molar-refractivity contribution in [2.45, 2.75) is 32.9 Å². The fourth-order valence-electron chi connectivity index (χ4n) is 1.50. The van der Waals surface area contributed by atoms with Crippen LogP contribution in [0.4, 0.5) is 0 Å². The third kappa shape index (κ3) is 3.64. The third-order valence-corrected chi connectivity index (χ3v) is 4.17. The number of rotatable bonds is 3. The van der Waals surface area contributed by atoms with E-state index >= 15 is 0 Å². The van der Waals surface area contributed by atoms with Crippen molar-refractivity contribution >= 4 is 27.3 Å². The van der Waals surface area contributed by atoms with Gasteiger partial charge in [0.15, 0.2) is 0 Å². The van der Waals surface area contributed by atoms with Crippen molar-refractivity contribution in [3.63, 3.8) is 0 Å². The van der Waals surface area contributed by atoms with Crippen molar-refractivity contribution in [3.8, 4) is 10.6 Å². The molecule has 0 atom stereocenters. The molecule has 1 N–H and O–H groups in total. The summed E-state index contributed by atoms with van der Waals surface area (Å²) in [4.78, 5) is 5.76. The van der Waals surface area contributed by atoms with Gasteiger partial charge >= 0.3 is 0 Å². The minimum atomic E-state index is 0.136. The zero-order chi connectivity index (χ0) is 13.2. The minimum Gasteiger partial charge on any atom is -0.307 e. The number of nitrogens with one attached hydrogen (secondary N) is 1. The molecule has 2 rings (SSSR count). The average Bonchev–Trinajstić information content (AvgIpc) is 2.75. The number of halogens is 1. The molecule has 0 spiro atoms. The van der Waals surface area contributed by atoms with Gasteiger partial charge in [0.2, 0.25) is 0 Å². The van der Waals surface area contributed by atoms with Gasteiger partial charge in [0.25, 0.3) is 0 Å². The highest BCUT2D eigenvalue weighted by atomic mass is 79.9. The molecule has 96 valence electrons. The van der Waals surface area contributed by atoms with Gasteiger partial charge in [-0.15, -0.1) is 11.3 Å². The molecule has 0 aliphatic rings. The maximum absolute atomic E-state index is 4.50. The molecular formula is C14H17BrN2S. The van der Waals surface area contributed by atoms with Crippen LogP contribution < -0.4 is 5.32 Å². The predicted molar refractivity (Wildman–Crippen MR) is 81.8 cm³/mol. The summed E-state index contributed by atoms with van der Waals surface area (Å²) in [7, 11) is 0. The van der Waals surface area contributed by atoms with Crippen LogP contribution >= 0.6 is 27.3 Å². The number of thiazole rings is 1. The number of hydrogen-bond donors (Lipinski definition) is 1. The molecule has 0 saturated carbocycles. The van der Waals surface area contributed by atoms with E-state index in [1.807, 2.05) is 24.4 Å². The van der Waals surface area contributed by atoms with Gasteiger partial charge in [0.05, 0.1) is 0 Å². The molecule has 0 unspecified atom stereocenters. The second-order valence-corrected chi connectivity index (χ2v) is 7.18. The minimum absolute atomic E-state index is 0.136. The molecule has 2 aromatic rings. The summed E-state index contributed by atoms with van der Waals surface area (Å²) in [6.07, 6.45) is 1.96. The lowest BCUT2D eigenvalue weighted by Crippen LogP contribution is -2.34. The number of hydrogen-bond acceptors (Lipinski definition) is 3. The highest BCUT2D eigenvalue weighted by molar-refractivity contribution is 9.10. The van der Waals surface area contributed by atoms with Gasteiger partial charge in [-0.3, -0.25) is 0 Å². The van der Waals surface area contributed by atoms with Gasteiger partial charge in [-0.25, -0.2) is 4.98 Å². The third-order valence-electron chi connectivity index (χ3n) is 2.45. The van der Waals surface area contributed by atoms with Crippen LogP contribution in [-0.2, 0) is 6.54 Å². The lowest BCUT2D eigenvalue weighted by atomic mass is 10.1. The first-order chi connectivity index (χ1) is 8.46. The van der Waals surface area contributed by atoms with Gasteiger partial charge in [-0.05, 0) is 26.8 Å². The van der Waals surface area contributed by atoms with E-state index in [1.54, 1.807) is 11.3 Å². The first kappa shape index (κ1) is 13.7. The highest BCUT2D eigenvalue weighted by Gasteiger charge is 2.11. The van der Waals surface area contributed by atoms with Crippen molar-refractivity contribution in [2.75, 3.05) is 0 Å². The quantitative estimate of drug-likeness (QED) is 0.901. The zero-order valence-corrected chi connectivity index (χ0v) is 13.2. The van der Waals surface area contributed by atoms with Crippen LogP contribution in [-0.4, -0.2) is 10.5 Å². The molecule has 0 radical (unpaired) electrons. The molecule has 1 aromatic heterocycles. The number of nitrogens with zero attached hydrogens (tertiary/aromatic N) is 1. The largest absolute Gasteiger partial charge is 0.307 e. The van der Waals surface area contributed by atoms with Gasteiger partial charge in [0.1, 0.15) is 5.01 Å². The Morgan fingerprint density at radius 1 is 1.28 bits per heavy atom. The topological polar surface area (TPSA) is 24.9 Å². The maximum atomic E-state index is 4.50. The Bertz CT molecular complexity index is 529. The van der Waals surface area contributed by atoms with Crippen LogP contribution in [0.1, 0.15) is 25.6 Å². The van der Waals surface area contributed by atoms with E-state index in [0.29, 0.717) is 0 Å². The summed E-state index contributed by atoms with van der Waals surface area (Å²) in [6, 6.07) is 8.19. The van der Waals surface area contributed by atoms with Crippen LogP contribution in [0, 0.1) is 0 Å².